The average molecular weight is 344 g/mol. The number of nitrogens with one attached hydrogen (secondary N) is 2. The first-order valence-electron chi connectivity index (χ1n) is 8.39. The molecule has 5 nitrogen and oxygen atoms in total. The van der Waals surface area contributed by atoms with Gasteiger partial charge in [-0.1, -0.05) is 48.5 Å². The Morgan fingerprint density at radius 3 is 2.50 bits per heavy atom. The van der Waals surface area contributed by atoms with Gasteiger partial charge in [-0.15, -0.1) is 0 Å². The van der Waals surface area contributed by atoms with E-state index >= 15 is 0 Å². The number of hydrogen-bond donors (Lipinski definition) is 2. The van der Waals surface area contributed by atoms with Crippen molar-refractivity contribution >= 4 is 17.8 Å². The molecule has 26 heavy (non-hydrogen) atoms. The van der Waals surface area contributed by atoms with Crippen molar-refractivity contribution in [2.45, 2.75) is 6.42 Å². The fourth-order valence-corrected chi connectivity index (χ4v) is 2.51. The van der Waals surface area contributed by atoms with Crippen LogP contribution in [0.2, 0.25) is 0 Å². The highest BCUT2D eigenvalue weighted by Crippen LogP contribution is 2.18. The standard InChI is InChI=1S/C21H20N4O/c26-21(25-24-15-18-10-12-22-13-11-18)16-23-20-9-5-4-8-19(20)14-17-6-2-1-3-7-17/h1-13,15,23H,14,16H2,(H,25,26)/b24-15+. The number of nitrogens with zero attached hydrogens (tertiary/aromatic N) is 2. The van der Waals surface area contributed by atoms with Crippen molar-refractivity contribution in [1.29, 1.82) is 0 Å². The number of carbonyl (C=O) groups excluding carboxylic acids is 1. The number of pyridine rings is 1. The lowest BCUT2D eigenvalue weighted by Crippen LogP contribution is -2.26. The molecule has 3 rings (SSSR count). The number of benzene rings is 2. The summed E-state index contributed by atoms with van der Waals surface area (Å²) in [5.74, 6) is -0.204. The Labute approximate surface area is 152 Å². The van der Waals surface area contributed by atoms with Gasteiger partial charge in [-0.05, 0) is 41.3 Å². The number of amides is 1. The summed E-state index contributed by atoms with van der Waals surface area (Å²) in [6.45, 7) is 0.152. The van der Waals surface area contributed by atoms with Crippen LogP contribution in [-0.4, -0.2) is 23.7 Å². The molecule has 1 heterocycles. The van der Waals surface area contributed by atoms with Crippen molar-refractivity contribution < 1.29 is 4.79 Å². The van der Waals surface area contributed by atoms with Crippen LogP contribution in [0.1, 0.15) is 16.7 Å². The third-order valence-electron chi connectivity index (χ3n) is 3.80. The molecule has 0 radical (unpaired) electrons. The van der Waals surface area contributed by atoms with Crippen LogP contribution in [0, 0.1) is 0 Å². The van der Waals surface area contributed by atoms with Crippen molar-refractivity contribution in [3.05, 3.63) is 95.8 Å². The number of rotatable bonds is 7. The first-order valence-corrected chi connectivity index (χ1v) is 8.39. The van der Waals surface area contributed by atoms with Gasteiger partial charge in [-0.25, -0.2) is 5.43 Å². The molecule has 0 saturated heterocycles. The molecule has 2 aromatic carbocycles. The van der Waals surface area contributed by atoms with E-state index in [9.17, 15) is 4.79 Å². The highest BCUT2D eigenvalue weighted by molar-refractivity contribution is 5.84. The summed E-state index contributed by atoms with van der Waals surface area (Å²) in [6, 6.07) is 21.9. The van der Waals surface area contributed by atoms with Crippen LogP contribution in [-0.2, 0) is 11.2 Å². The van der Waals surface area contributed by atoms with E-state index in [4.69, 9.17) is 0 Å². The van der Waals surface area contributed by atoms with Gasteiger partial charge in [-0.3, -0.25) is 9.78 Å². The average Bonchev–Trinajstić information content (AvgIpc) is 2.69. The van der Waals surface area contributed by atoms with Crippen molar-refractivity contribution in [1.82, 2.24) is 10.4 Å². The van der Waals surface area contributed by atoms with Gasteiger partial charge in [0, 0.05) is 18.1 Å². The van der Waals surface area contributed by atoms with Crippen molar-refractivity contribution in [3.8, 4) is 0 Å². The predicted molar refractivity (Wildman–Crippen MR) is 104 cm³/mol. The van der Waals surface area contributed by atoms with Crippen molar-refractivity contribution in [2.75, 3.05) is 11.9 Å². The fourth-order valence-electron chi connectivity index (χ4n) is 2.51. The highest BCUT2D eigenvalue weighted by Gasteiger charge is 2.05. The highest BCUT2D eigenvalue weighted by atomic mass is 16.2. The van der Waals surface area contributed by atoms with Crippen molar-refractivity contribution in [2.24, 2.45) is 5.10 Å². The Kier molecular flexibility index (Phi) is 6.09. The molecule has 0 bridgehead atoms. The summed E-state index contributed by atoms with van der Waals surface area (Å²) in [5, 5.41) is 7.14. The van der Waals surface area contributed by atoms with Gasteiger partial charge in [0.1, 0.15) is 0 Å². The number of aromatic nitrogens is 1. The molecule has 0 aliphatic heterocycles. The maximum atomic E-state index is 12.0. The van der Waals surface area contributed by atoms with Crippen LogP contribution >= 0.6 is 0 Å². The molecule has 0 unspecified atom stereocenters. The van der Waals surface area contributed by atoms with E-state index < -0.39 is 0 Å². The molecule has 0 aliphatic carbocycles. The van der Waals surface area contributed by atoms with Gasteiger partial charge in [0.2, 0.25) is 0 Å². The summed E-state index contributed by atoms with van der Waals surface area (Å²) >= 11 is 0. The lowest BCUT2D eigenvalue weighted by Gasteiger charge is -2.11. The molecule has 0 aliphatic rings. The second kappa shape index (κ2) is 9.13. The van der Waals surface area contributed by atoms with Crippen LogP contribution in [0.4, 0.5) is 5.69 Å². The van der Waals surface area contributed by atoms with Gasteiger partial charge in [0.05, 0.1) is 12.8 Å². The SMILES string of the molecule is O=C(CNc1ccccc1Cc1ccccc1)N/N=C/c1ccncc1. The molecule has 0 atom stereocenters. The Morgan fingerprint density at radius 2 is 1.69 bits per heavy atom. The molecule has 1 aromatic heterocycles. The smallest absolute Gasteiger partial charge is 0.259 e. The Morgan fingerprint density at radius 1 is 0.962 bits per heavy atom. The molecule has 130 valence electrons. The summed E-state index contributed by atoms with van der Waals surface area (Å²) in [4.78, 5) is 15.9. The number of hydrazone groups is 1. The lowest BCUT2D eigenvalue weighted by atomic mass is 10.0. The molecule has 3 aromatic rings. The zero-order valence-corrected chi connectivity index (χ0v) is 14.3. The van der Waals surface area contributed by atoms with Gasteiger partial charge >= 0.3 is 0 Å². The number of hydrogen-bond acceptors (Lipinski definition) is 4. The van der Waals surface area contributed by atoms with E-state index in [1.54, 1.807) is 18.6 Å². The Balaban J connectivity index is 1.54. The monoisotopic (exact) mass is 344 g/mol. The summed E-state index contributed by atoms with van der Waals surface area (Å²) < 4.78 is 0. The number of para-hydroxylation sites is 1. The van der Waals surface area contributed by atoms with Crippen LogP contribution in [0.5, 0.6) is 0 Å². The van der Waals surface area contributed by atoms with Crippen LogP contribution in [0.25, 0.3) is 0 Å². The summed E-state index contributed by atoms with van der Waals surface area (Å²) in [6.07, 6.45) is 5.75. The maximum absolute atomic E-state index is 12.0. The number of carbonyl (C=O) groups is 1. The normalized spacial score (nSPS) is 10.6. The maximum Gasteiger partial charge on any atom is 0.259 e. The van der Waals surface area contributed by atoms with Crippen LogP contribution in [0.3, 0.4) is 0 Å². The molecule has 0 spiro atoms. The van der Waals surface area contributed by atoms with Gasteiger partial charge < -0.3 is 5.32 Å². The van der Waals surface area contributed by atoms with E-state index in [0.29, 0.717) is 0 Å². The van der Waals surface area contributed by atoms with Crippen LogP contribution in [0.15, 0.2) is 84.2 Å². The van der Waals surface area contributed by atoms with Crippen LogP contribution < -0.4 is 10.7 Å². The Hall–Kier alpha value is -3.47. The fraction of sp³-hybridized carbons (Fsp3) is 0.0952. The molecule has 0 saturated carbocycles. The largest absolute Gasteiger partial charge is 0.376 e. The Bertz CT molecular complexity index is 863. The minimum atomic E-state index is -0.204. The molecular formula is C21H20N4O. The minimum Gasteiger partial charge on any atom is -0.376 e. The molecule has 1 amide bonds. The second-order valence-electron chi connectivity index (χ2n) is 5.75. The zero-order chi connectivity index (χ0) is 18.0. The molecular weight excluding hydrogens is 324 g/mol. The third-order valence-corrected chi connectivity index (χ3v) is 3.80. The molecule has 0 fully saturated rings. The van der Waals surface area contributed by atoms with E-state index in [-0.39, 0.29) is 12.5 Å². The topological polar surface area (TPSA) is 66.4 Å². The van der Waals surface area contributed by atoms with E-state index in [1.807, 2.05) is 48.5 Å². The summed E-state index contributed by atoms with van der Waals surface area (Å²) in [7, 11) is 0. The third kappa shape index (κ3) is 5.27. The van der Waals surface area contributed by atoms with E-state index in [2.05, 4.69) is 39.0 Å². The summed E-state index contributed by atoms with van der Waals surface area (Å²) in [5.41, 5.74) is 6.72. The quantitative estimate of drug-likeness (QED) is 0.511. The second-order valence-corrected chi connectivity index (χ2v) is 5.75. The van der Waals surface area contributed by atoms with Gasteiger partial charge in [0.25, 0.3) is 5.91 Å². The van der Waals surface area contributed by atoms with E-state index in [0.717, 1.165) is 23.2 Å². The van der Waals surface area contributed by atoms with Gasteiger partial charge in [-0.2, -0.15) is 5.10 Å². The first kappa shape index (κ1) is 17.4. The predicted octanol–water partition coefficient (Wildman–Crippen LogP) is 3.23. The zero-order valence-electron chi connectivity index (χ0n) is 14.3. The first-order chi connectivity index (χ1) is 12.8. The van der Waals surface area contributed by atoms with E-state index in [1.165, 1.54) is 5.56 Å². The molecule has 5 heteroatoms. The molecule has 2 N–H and O–H groups in total. The minimum absolute atomic E-state index is 0.152. The van der Waals surface area contributed by atoms with Crippen molar-refractivity contribution in [3.63, 3.8) is 0 Å². The lowest BCUT2D eigenvalue weighted by molar-refractivity contribution is -0.119. The number of anilines is 1. The van der Waals surface area contributed by atoms with Gasteiger partial charge in [0.15, 0.2) is 0 Å².